The number of unbranched alkanes of at least 4 members (excludes halogenated alkanes) is 2. The molecule has 19 heavy (non-hydrogen) atoms. The van der Waals surface area contributed by atoms with Crippen molar-refractivity contribution >= 4 is 21.9 Å². The fraction of sp³-hybridized carbons (Fsp3) is 0.533. The van der Waals surface area contributed by atoms with Crippen molar-refractivity contribution in [1.29, 1.82) is 0 Å². The monoisotopic (exact) mass is 328 g/mol. The molecule has 3 nitrogen and oxygen atoms in total. The van der Waals surface area contributed by atoms with Gasteiger partial charge in [0, 0.05) is 18.4 Å². The summed E-state index contributed by atoms with van der Waals surface area (Å²) in [6.07, 6.45) is 3.26. The van der Waals surface area contributed by atoms with Gasteiger partial charge in [-0.15, -0.1) is 0 Å². The van der Waals surface area contributed by atoms with Gasteiger partial charge >= 0.3 is 5.97 Å². The SMILES string of the molecule is COC(=O)C(Cc1ccccc1)OCCCCCBr. The highest BCUT2D eigenvalue weighted by atomic mass is 79.9. The van der Waals surface area contributed by atoms with Crippen molar-refractivity contribution < 1.29 is 14.3 Å². The molecule has 0 amide bonds. The normalized spacial score (nSPS) is 12.1. The van der Waals surface area contributed by atoms with Gasteiger partial charge in [0.05, 0.1) is 7.11 Å². The Labute approximate surface area is 123 Å². The Morgan fingerprint density at radius 1 is 1.21 bits per heavy atom. The minimum atomic E-state index is -0.503. The number of hydrogen-bond donors (Lipinski definition) is 0. The molecule has 1 rings (SSSR count). The zero-order valence-corrected chi connectivity index (χ0v) is 12.9. The molecule has 0 saturated heterocycles. The van der Waals surface area contributed by atoms with Crippen LogP contribution in [0.4, 0.5) is 0 Å². The average molecular weight is 329 g/mol. The molecule has 4 heteroatoms. The van der Waals surface area contributed by atoms with Crippen LogP contribution in [0.1, 0.15) is 24.8 Å². The van der Waals surface area contributed by atoms with E-state index in [-0.39, 0.29) is 5.97 Å². The van der Waals surface area contributed by atoms with Gasteiger partial charge in [0.2, 0.25) is 0 Å². The molecule has 0 aliphatic carbocycles. The van der Waals surface area contributed by atoms with Crippen molar-refractivity contribution in [2.75, 3.05) is 19.0 Å². The molecular weight excluding hydrogens is 308 g/mol. The average Bonchev–Trinajstić information content (AvgIpc) is 2.46. The number of carbonyl (C=O) groups is 1. The zero-order chi connectivity index (χ0) is 13.9. The van der Waals surface area contributed by atoms with E-state index in [1.807, 2.05) is 30.3 Å². The van der Waals surface area contributed by atoms with Crippen molar-refractivity contribution in [3.8, 4) is 0 Å². The van der Waals surface area contributed by atoms with Crippen LogP contribution in [0, 0.1) is 0 Å². The maximum Gasteiger partial charge on any atom is 0.335 e. The standard InChI is InChI=1S/C15H21BrO3/c1-18-15(17)14(19-11-7-3-6-10-16)12-13-8-4-2-5-9-13/h2,4-5,8-9,14H,3,6-7,10-12H2,1H3. The van der Waals surface area contributed by atoms with Crippen molar-refractivity contribution in [2.24, 2.45) is 0 Å². The first kappa shape index (κ1) is 16.2. The molecule has 0 radical (unpaired) electrons. The predicted molar refractivity (Wildman–Crippen MR) is 79.5 cm³/mol. The molecule has 1 aromatic carbocycles. The first-order valence-corrected chi connectivity index (χ1v) is 7.69. The van der Waals surface area contributed by atoms with Gasteiger partial charge in [0.15, 0.2) is 6.10 Å². The van der Waals surface area contributed by atoms with Gasteiger partial charge < -0.3 is 9.47 Å². The summed E-state index contributed by atoms with van der Waals surface area (Å²) in [7, 11) is 1.40. The van der Waals surface area contributed by atoms with Gasteiger partial charge in [-0.05, 0) is 18.4 Å². The van der Waals surface area contributed by atoms with Gasteiger partial charge in [-0.2, -0.15) is 0 Å². The Hall–Kier alpha value is -0.870. The zero-order valence-electron chi connectivity index (χ0n) is 11.3. The molecule has 1 unspecified atom stereocenters. The van der Waals surface area contributed by atoms with E-state index in [1.165, 1.54) is 7.11 Å². The number of methoxy groups -OCH3 is 1. The second kappa shape index (κ2) is 9.98. The first-order chi connectivity index (χ1) is 9.27. The molecule has 0 aliphatic heterocycles. The van der Waals surface area contributed by atoms with Gasteiger partial charge in [0.1, 0.15) is 0 Å². The topological polar surface area (TPSA) is 35.5 Å². The number of carbonyl (C=O) groups excluding carboxylic acids is 1. The minimum Gasteiger partial charge on any atom is -0.467 e. The van der Waals surface area contributed by atoms with Crippen molar-refractivity contribution in [1.82, 2.24) is 0 Å². The molecule has 1 aromatic rings. The molecule has 0 bridgehead atoms. The highest BCUT2D eigenvalue weighted by Gasteiger charge is 2.20. The fourth-order valence-electron chi connectivity index (χ4n) is 1.77. The van der Waals surface area contributed by atoms with E-state index in [4.69, 9.17) is 9.47 Å². The summed E-state index contributed by atoms with van der Waals surface area (Å²) in [5.74, 6) is -0.302. The number of ether oxygens (including phenoxy) is 2. The summed E-state index contributed by atoms with van der Waals surface area (Å²) >= 11 is 3.39. The first-order valence-electron chi connectivity index (χ1n) is 6.57. The molecule has 0 aromatic heterocycles. The Morgan fingerprint density at radius 2 is 1.95 bits per heavy atom. The lowest BCUT2D eigenvalue weighted by Gasteiger charge is -2.15. The number of alkyl halides is 1. The summed E-state index contributed by atoms with van der Waals surface area (Å²) in [6.45, 7) is 0.597. The molecule has 0 fully saturated rings. The van der Waals surface area contributed by atoms with Crippen LogP contribution in [0.3, 0.4) is 0 Å². The third-order valence-electron chi connectivity index (χ3n) is 2.83. The summed E-state index contributed by atoms with van der Waals surface area (Å²) in [5, 5.41) is 1.01. The van der Waals surface area contributed by atoms with E-state index in [0.29, 0.717) is 13.0 Å². The predicted octanol–water partition coefficient (Wildman–Crippen LogP) is 3.35. The molecule has 106 valence electrons. The summed E-state index contributed by atoms with van der Waals surface area (Å²) in [4.78, 5) is 11.7. The van der Waals surface area contributed by atoms with Gasteiger partial charge in [-0.25, -0.2) is 4.79 Å². The molecule has 0 spiro atoms. The highest BCUT2D eigenvalue weighted by Crippen LogP contribution is 2.09. The second-order valence-corrected chi connectivity index (χ2v) is 5.11. The van der Waals surface area contributed by atoms with Crippen molar-refractivity contribution in [2.45, 2.75) is 31.8 Å². The summed E-state index contributed by atoms with van der Waals surface area (Å²) in [5.41, 5.74) is 1.08. The second-order valence-electron chi connectivity index (χ2n) is 4.32. The summed E-state index contributed by atoms with van der Waals surface area (Å²) in [6, 6.07) is 9.85. The lowest BCUT2D eigenvalue weighted by atomic mass is 10.1. The third-order valence-corrected chi connectivity index (χ3v) is 3.39. The molecule has 0 aliphatic rings. The Balaban J connectivity index is 2.41. The summed E-state index contributed by atoms with van der Waals surface area (Å²) < 4.78 is 10.4. The molecule has 0 N–H and O–H groups in total. The largest absolute Gasteiger partial charge is 0.467 e. The van der Waals surface area contributed by atoms with E-state index in [1.54, 1.807) is 0 Å². The Kier molecular flexibility index (Phi) is 8.50. The fourth-order valence-corrected chi connectivity index (χ4v) is 2.17. The highest BCUT2D eigenvalue weighted by molar-refractivity contribution is 9.09. The smallest absolute Gasteiger partial charge is 0.335 e. The van der Waals surface area contributed by atoms with Crippen molar-refractivity contribution in [3.05, 3.63) is 35.9 Å². The van der Waals surface area contributed by atoms with Gasteiger partial charge in [-0.1, -0.05) is 52.7 Å². The lowest BCUT2D eigenvalue weighted by Crippen LogP contribution is -2.28. The minimum absolute atomic E-state index is 0.302. The van der Waals surface area contributed by atoms with Crippen LogP contribution in [0.5, 0.6) is 0 Å². The van der Waals surface area contributed by atoms with E-state index in [2.05, 4.69) is 15.9 Å². The molecule has 1 atom stereocenters. The molecular formula is C15H21BrO3. The van der Waals surface area contributed by atoms with E-state index in [0.717, 1.165) is 30.2 Å². The van der Waals surface area contributed by atoms with Crippen LogP contribution in [0.2, 0.25) is 0 Å². The van der Waals surface area contributed by atoms with Crippen LogP contribution in [0.15, 0.2) is 30.3 Å². The molecule has 0 heterocycles. The van der Waals surface area contributed by atoms with Crippen LogP contribution in [0.25, 0.3) is 0 Å². The number of rotatable bonds is 9. The van der Waals surface area contributed by atoms with Crippen LogP contribution < -0.4 is 0 Å². The van der Waals surface area contributed by atoms with Gasteiger partial charge in [-0.3, -0.25) is 0 Å². The van der Waals surface area contributed by atoms with Crippen LogP contribution in [-0.2, 0) is 20.7 Å². The molecule has 0 saturated carbocycles. The van der Waals surface area contributed by atoms with Crippen LogP contribution >= 0.6 is 15.9 Å². The number of esters is 1. The third kappa shape index (κ3) is 6.73. The van der Waals surface area contributed by atoms with E-state index < -0.39 is 6.10 Å². The maximum atomic E-state index is 11.7. The van der Waals surface area contributed by atoms with E-state index >= 15 is 0 Å². The number of benzene rings is 1. The Morgan fingerprint density at radius 3 is 2.58 bits per heavy atom. The Bertz CT molecular complexity index is 354. The van der Waals surface area contributed by atoms with E-state index in [9.17, 15) is 4.79 Å². The van der Waals surface area contributed by atoms with Crippen LogP contribution in [-0.4, -0.2) is 31.1 Å². The number of halogens is 1. The van der Waals surface area contributed by atoms with Gasteiger partial charge in [0.25, 0.3) is 0 Å². The lowest BCUT2D eigenvalue weighted by molar-refractivity contribution is -0.154. The maximum absolute atomic E-state index is 11.7. The quantitative estimate of drug-likeness (QED) is 0.396. The number of hydrogen-bond acceptors (Lipinski definition) is 3. The van der Waals surface area contributed by atoms with Crippen molar-refractivity contribution in [3.63, 3.8) is 0 Å².